The lowest BCUT2D eigenvalue weighted by Crippen LogP contribution is -2.49. The Morgan fingerprint density at radius 2 is 1.97 bits per heavy atom. The smallest absolute Gasteiger partial charge is 0.311 e. The second-order valence-electron chi connectivity index (χ2n) is 8.53. The first-order chi connectivity index (χ1) is 16.2. The number of hydrogen-bond acceptors (Lipinski definition) is 7. The van der Waals surface area contributed by atoms with Crippen LogP contribution in [0.1, 0.15) is 34.4 Å². The monoisotopic (exact) mass is 473 g/mol. The van der Waals surface area contributed by atoms with Crippen molar-refractivity contribution < 1.29 is 28.6 Å². The van der Waals surface area contributed by atoms with E-state index in [-0.39, 0.29) is 31.4 Å². The Hall–Kier alpha value is -3.80. The van der Waals surface area contributed by atoms with Crippen LogP contribution in [0.4, 0.5) is 4.39 Å². The molecule has 0 spiro atoms. The number of halogens is 1. The summed E-state index contributed by atoms with van der Waals surface area (Å²) in [6, 6.07) is 4.81. The molecule has 0 radical (unpaired) electrons. The normalized spacial score (nSPS) is 20.7. The SMILES string of the molecule is CN(C)C(=O)C(=O)NC1CC2COC1c1nc(C(=O)NCc3ccc(F)cc3)c(O)c(=O)n1C2. The lowest BCUT2D eigenvalue weighted by molar-refractivity contribution is -0.146. The number of nitrogens with zero attached hydrogens (tertiary/aromatic N) is 3. The Labute approximate surface area is 193 Å². The Morgan fingerprint density at radius 3 is 2.65 bits per heavy atom. The highest BCUT2D eigenvalue weighted by atomic mass is 19.1. The highest BCUT2D eigenvalue weighted by Gasteiger charge is 2.42. The molecule has 0 saturated carbocycles. The Bertz CT molecular complexity index is 1200. The highest BCUT2D eigenvalue weighted by Crippen LogP contribution is 2.35. The molecule has 1 saturated heterocycles. The van der Waals surface area contributed by atoms with Gasteiger partial charge in [-0.3, -0.25) is 23.7 Å². The molecule has 3 aliphatic rings. The number of aromatic hydroxyl groups is 1. The molecule has 3 amide bonds. The van der Waals surface area contributed by atoms with Crippen LogP contribution in [0.5, 0.6) is 5.75 Å². The standard InChI is InChI=1S/C22H24FN5O6/c1-27(2)22(33)20(31)25-14-7-12-9-28-18(17(14)34-10-12)26-15(16(29)21(28)32)19(30)24-8-11-3-5-13(23)6-4-11/h3-6,12,14,17,29H,7-10H2,1-2H3,(H,24,30)(H,25,31). The van der Waals surface area contributed by atoms with Crippen molar-refractivity contribution in [2.45, 2.75) is 31.7 Å². The van der Waals surface area contributed by atoms with E-state index in [0.29, 0.717) is 12.0 Å². The minimum atomic E-state index is -0.894. The first kappa shape index (κ1) is 23.4. The number of ether oxygens (including phenoxy) is 1. The summed E-state index contributed by atoms with van der Waals surface area (Å²) < 4.78 is 20.2. The molecular formula is C22H24FN5O6. The quantitative estimate of drug-likeness (QED) is 0.517. The third-order valence-corrected chi connectivity index (χ3v) is 5.83. The van der Waals surface area contributed by atoms with Gasteiger partial charge in [-0.05, 0) is 24.1 Å². The molecule has 11 nitrogen and oxygen atoms in total. The maximum atomic E-state index is 13.1. The van der Waals surface area contributed by atoms with Crippen molar-refractivity contribution in [3.05, 3.63) is 57.5 Å². The lowest BCUT2D eigenvalue weighted by Gasteiger charge is -2.32. The van der Waals surface area contributed by atoms with E-state index in [1.54, 1.807) is 0 Å². The van der Waals surface area contributed by atoms with Gasteiger partial charge in [0.15, 0.2) is 5.69 Å². The predicted molar refractivity (Wildman–Crippen MR) is 115 cm³/mol. The fraction of sp³-hybridized carbons (Fsp3) is 0.409. The van der Waals surface area contributed by atoms with Crippen LogP contribution in [0.15, 0.2) is 29.1 Å². The number of fused-ring (bicyclic) bond motifs is 2. The highest BCUT2D eigenvalue weighted by molar-refractivity contribution is 6.34. The van der Waals surface area contributed by atoms with E-state index < -0.39 is 52.7 Å². The van der Waals surface area contributed by atoms with Crippen molar-refractivity contribution in [1.29, 1.82) is 0 Å². The number of benzene rings is 1. The third kappa shape index (κ3) is 4.49. The molecule has 1 aromatic heterocycles. The second kappa shape index (κ2) is 9.21. The summed E-state index contributed by atoms with van der Waals surface area (Å²) in [4.78, 5) is 55.3. The third-order valence-electron chi connectivity index (χ3n) is 5.83. The van der Waals surface area contributed by atoms with Gasteiger partial charge in [0, 0.05) is 33.1 Å². The molecule has 2 bridgehead atoms. The average Bonchev–Trinajstić information content (AvgIpc) is 3.08. The summed E-state index contributed by atoms with van der Waals surface area (Å²) >= 11 is 0. The predicted octanol–water partition coefficient (Wildman–Crippen LogP) is -0.318. The van der Waals surface area contributed by atoms with Gasteiger partial charge in [0.05, 0.1) is 12.6 Å². The molecule has 3 N–H and O–H groups in total. The van der Waals surface area contributed by atoms with Crippen LogP contribution in [-0.4, -0.2) is 64.0 Å². The molecular weight excluding hydrogens is 449 g/mol. The summed E-state index contributed by atoms with van der Waals surface area (Å²) in [5, 5.41) is 15.6. The minimum Gasteiger partial charge on any atom is -0.501 e. The average molecular weight is 473 g/mol. The Kier molecular flexibility index (Phi) is 6.33. The van der Waals surface area contributed by atoms with Crippen LogP contribution in [0.25, 0.3) is 0 Å². The number of hydrogen-bond donors (Lipinski definition) is 3. The van der Waals surface area contributed by atoms with Crippen LogP contribution in [0, 0.1) is 11.7 Å². The van der Waals surface area contributed by atoms with Crippen LogP contribution in [-0.2, 0) is 27.4 Å². The molecule has 2 aromatic rings. The van der Waals surface area contributed by atoms with E-state index in [1.165, 1.54) is 42.9 Å². The molecule has 34 heavy (non-hydrogen) atoms. The van der Waals surface area contributed by atoms with Crippen LogP contribution in [0.2, 0.25) is 0 Å². The molecule has 3 aliphatic heterocycles. The Balaban J connectivity index is 1.61. The number of carbonyl (C=O) groups excluding carboxylic acids is 3. The number of likely N-dealkylation sites (N-methyl/N-ethyl adjacent to an activating group) is 1. The maximum absolute atomic E-state index is 13.1. The van der Waals surface area contributed by atoms with Gasteiger partial charge in [0.2, 0.25) is 5.75 Å². The number of rotatable bonds is 4. The molecule has 12 heteroatoms. The minimum absolute atomic E-state index is 0.0198. The number of amides is 3. The van der Waals surface area contributed by atoms with Gasteiger partial charge in [0.1, 0.15) is 17.7 Å². The van der Waals surface area contributed by atoms with E-state index in [0.717, 1.165) is 4.90 Å². The van der Waals surface area contributed by atoms with Gasteiger partial charge in [-0.25, -0.2) is 9.37 Å². The van der Waals surface area contributed by atoms with Crippen LogP contribution in [0.3, 0.4) is 0 Å². The van der Waals surface area contributed by atoms with Gasteiger partial charge < -0.3 is 25.4 Å². The maximum Gasteiger partial charge on any atom is 0.311 e. The van der Waals surface area contributed by atoms with Gasteiger partial charge >= 0.3 is 11.8 Å². The van der Waals surface area contributed by atoms with E-state index in [4.69, 9.17) is 4.74 Å². The zero-order chi connectivity index (χ0) is 24.6. The molecule has 1 aromatic carbocycles. The first-order valence-corrected chi connectivity index (χ1v) is 10.7. The van der Waals surface area contributed by atoms with Gasteiger partial charge in [-0.1, -0.05) is 12.1 Å². The van der Waals surface area contributed by atoms with Gasteiger partial charge in [-0.2, -0.15) is 0 Å². The van der Waals surface area contributed by atoms with Crippen molar-refractivity contribution in [2.75, 3.05) is 20.7 Å². The lowest BCUT2D eigenvalue weighted by atomic mass is 9.95. The fourth-order valence-corrected chi connectivity index (χ4v) is 4.10. The molecule has 3 atom stereocenters. The zero-order valence-electron chi connectivity index (χ0n) is 18.6. The van der Waals surface area contributed by atoms with Crippen molar-refractivity contribution in [1.82, 2.24) is 25.1 Å². The number of nitrogens with one attached hydrogen (secondary N) is 2. The summed E-state index contributed by atoms with van der Waals surface area (Å²) in [5.74, 6) is -3.67. The summed E-state index contributed by atoms with van der Waals surface area (Å²) in [6.07, 6.45) is -0.470. The van der Waals surface area contributed by atoms with Gasteiger partial charge in [0.25, 0.3) is 11.5 Å². The molecule has 1 fully saturated rings. The van der Waals surface area contributed by atoms with Crippen LogP contribution < -0.4 is 16.2 Å². The molecule has 5 rings (SSSR count). The van der Waals surface area contributed by atoms with Crippen LogP contribution >= 0.6 is 0 Å². The zero-order valence-corrected chi connectivity index (χ0v) is 18.6. The topological polar surface area (TPSA) is 143 Å². The summed E-state index contributed by atoms with van der Waals surface area (Å²) in [6.45, 7) is 0.483. The largest absolute Gasteiger partial charge is 0.501 e. The summed E-state index contributed by atoms with van der Waals surface area (Å²) in [5.41, 5.74) is -0.674. The number of aromatic nitrogens is 2. The second-order valence-corrected chi connectivity index (χ2v) is 8.53. The van der Waals surface area contributed by atoms with E-state index in [9.17, 15) is 28.7 Å². The molecule has 180 valence electrons. The van der Waals surface area contributed by atoms with Crippen molar-refractivity contribution in [3.63, 3.8) is 0 Å². The van der Waals surface area contributed by atoms with E-state index in [2.05, 4.69) is 15.6 Å². The van der Waals surface area contributed by atoms with Crippen molar-refractivity contribution in [2.24, 2.45) is 5.92 Å². The first-order valence-electron chi connectivity index (χ1n) is 10.7. The number of carbonyl (C=O) groups is 3. The van der Waals surface area contributed by atoms with Crippen molar-refractivity contribution >= 4 is 17.7 Å². The van der Waals surface area contributed by atoms with Gasteiger partial charge in [-0.15, -0.1) is 0 Å². The fourth-order valence-electron chi connectivity index (χ4n) is 4.10. The molecule has 0 aliphatic carbocycles. The van der Waals surface area contributed by atoms with E-state index >= 15 is 0 Å². The molecule has 4 heterocycles. The summed E-state index contributed by atoms with van der Waals surface area (Å²) in [7, 11) is 2.90. The van der Waals surface area contributed by atoms with E-state index in [1.807, 2.05) is 0 Å². The van der Waals surface area contributed by atoms with Crippen molar-refractivity contribution in [3.8, 4) is 5.75 Å². The Morgan fingerprint density at radius 1 is 1.26 bits per heavy atom. The molecule has 3 unspecified atom stereocenters.